The summed E-state index contributed by atoms with van der Waals surface area (Å²) < 4.78 is 37.6. The van der Waals surface area contributed by atoms with Crippen LogP contribution in [0.25, 0.3) is 0 Å². The molecule has 0 aliphatic rings. The van der Waals surface area contributed by atoms with E-state index >= 15 is 0 Å². The average molecular weight is 355 g/mol. The van der Waals surface area contributed by atoms with E-state index in [9.17, 15) is 18.4 Å². The van der Waals surface area contributed by atoms with Gasteiger partial charge >= 0.3 is 6.18 Å². The highest BCUT2D eigenvalue weighted by atomic mass is 32.1. The Morgan fingerprint density at radius 2 is 1.96 bits per heavy atom. The summed E-state index contributed by atoms with van der Waals surface area (Å²) in [4.78, 5) is 4.23. The number of halogens is 3. The van der Waals surface area contributed by atoms with Crippen molar-refractivity contribution >= 4 is 22.2 Å². The quantitative estimate of drug-likeness (QED) is 0.695. The molecule has 0 radical (unpaired) electrons. The van der Waals surface area contributed by atoms with Gasteiger partial charge in [-0.15, -0.1) is 16.4 Å². The van der Waals surface area contributed by atoms with Gasteiger partial charge in [-0.3, -0.25) is 0 Å². The maximum absolute atomic E-state index is 12.5. The van der Waals surface area contributed by atoms with E-state index in [1.165, 1.54) is 6.20 Å². The lowest BCUT2D eigenvalue weighted by Gasteiger charge is -2.11. The Balaban J connectivity index is 1.73. The summed E-state index contributed by atoms with van der Waals surface area (Å²) in [6, 6.07) is 7.06. The van der Waals surface area contributed by atoms with E-state index < -0.39 is 11.9 Å². The van der Waals surface area contributed by atoms with Crippen molar-refractivity contribution in [1.82, 2.24) is 20.1 Å². The molecule has 10 heteroatoms. The molecule has 126 valence electrons. The smallest absolute Gasteiger partial charge is 0.410 e. The van der Waals surface area contributed by atoms with Gasteiger partial charge in [0, 0.05) is 17.0 Å². The summed E-state index contributed by atoms with van der Waals surface area (Å²) in [5.41, 5.74) is 1.13. The lowest BCUT2D eigenvalue weighted by Crippen LogP contribution is -2.05. The van der Waals surface area contributed by atoms with E-state index in [4.69, 9.17) is 0 Å². The van der Waals surface area contributed by atoms with E-state index in [0.29, 0.717) is 16.2 Å². The zero-order valence-electron chi connectivity index (χ0n) is 12.3. The molecule has 0 unspecified atom stereocenters. The molecule has 2 aromatic heterocycles. The van der Waals surface area contributed by atoms with E-state index in [1.807, 2.05) is 6.92 Å². The summed E-state index contributed by atoms with van der Waals surface area (Å²) in [6.07, 6.45) is -2.98. The van der Waals surface area contributed by atoms with Gasteiger partial charge in [0.15, 0.2) is 10.8 Å². The number of aromatic nitrogens is 4. The van der Waals surface area contributed by atoms with Gasteiger partial charge in [-0.05, 0) is 22.9 Å². The molecule has 1 atom stereocenters. The first-order valence-corrected chi connectivity index (χ1v) is 7.72. The second kappa shape index (κ2) is 6.11. The monoisotopic (exact) mass is 355 g/mol. The van der Waals surface area contributed by atoms with Crippen LogP contribution in [0.1, 0.15) is 29.8 Å². The lowest BCUT2D eigenvalue weighted by atomic mass is 9.98. The molecular weight excluding hydrogens is 343 g/mol. The number of nitrogens with zero attached hydrogens (tertiary/aromatic N) is 4. The maximum Gasteiger partial charge on any atom is 0.434 e. The minimum atomic E-state index is -4.45. The molecule has 0 spiro atoms. The molecule has 24 heavy (non-hydrogen) atoms. The summed E-state index contributed by atoms with van der Waals surface area (Å²) >= 11 is 0.887. The van der Waals surface area contributed by atoms with Crippen LogP contribution >= 0.6 is 11.3 Å². The van der Waals surface area contributed by atoms with Gasteiger partial charge in [0.2, 0.25) is 0 Å². The van der Waals surface area contributed by atoms with E-state index in [-0.39, 0.29) is 11.0 Å². The van der Waals surface area contributed by atoms with Crippen LogP contribution in [-0.4, -0.2) is 25.3 Å². The first kappa shape index (κ1) is 16.2. The fourth-order valence-electron chi connectivity index (χ4n) is 2.13. The van der Waals surface area contributed by atoms with Crippen LogP contribution < -0.4 is 5.32 Å². The summed E-state index contributed by atoms with van der Waals surface area (Å²) in [7, 11) is 0. The van der Waals surface area contributed by atoms with Crippen LogP contribution in [0.15, 0.2) is 35.8 Å². The van der Waals surface area contributed by atoms with Crippen molar-refractivity contribution in [3.05, 3.63) is 52.8 Å². The molecular formula is C14H12F3N5OS. The third kappa shape index (κ3) is 3.32. The number of rotatable bonds is 4. The Morgan fingerprint density at radius 1 is 1.25 bits per heavy atom. The number of hydrogen-bond acceptors (Lipinski definition) is 6. The van der Waals surface area contributed by atoms with Crippen LogP contribution in [0.2, 0.25) is 0 Å². The van der Waals surface area contributed by atoms with Crippen LogP contribution in [-0.2, 0) is 6.18 Å². The minimum Gasteiger partial charge on any atom is -0.410 e. The van der Waals surface area contributed by atoms with Gasteiger partial charge in [-0.2, -0.15) is 13.2 Å². The maximum atomic E-state index is 12.5. The zero-order chi connectivity index (χ0) is 17.3. The van der Waals surface area contributed by atoms with Crippen molar-refractivity contribution in [2.24, 2.45) is 0 Å². The topological polar surface area (TPSA) is 75.9 Å². The minimum absolute atomic E-state index is 0.143. The number of thiazole rings is 1. The van der Waals surface area contributed by atoms with Gasteiger partial charge in [0.1, 0.15) is 5.69 Å². The molecule has 0 bridgehead atoms. The number of benzene rings is 1. The Bertz CT molecular complexity index is 828. The third-order valence-corrected chi connectivity index (χ3v) is 4.22. The van der Waals surface area contributed by atoms with Crippen LogP contribution in [0.5, 0.6) is 0 Å². The fourth-order valence-corrected chi connectivity index (χ4v) is 2.87. The normalized spacial score (nSPS) is 13.0. The SMILES string of the molecule is C[C@H](c1ccc(Nc2nc(C(F)(F)F)cs2)cc1)c1cnnn1O. The molecule has 0 aliphatic heterocycles. The molecule has 0 fully saturated rings. The van der Waals surface area contributed by atoms with Crippen molar-refractivity contribution in [3.63, 3.8) is 0 Å². The third-order valence-electron chi connectivity index (χ3n) is 3.46. The highest BCUT2D eigenvalue weighted by molar-refractivity contribution is 7.13. The van der Waals surface area contributed by atoms with Crippen molar-refractivity contribution in [2.75, 3.05) is 5.32 Å². The molecule has 1 aromatic carbocycles. The Kier molecular flexibility index (Phi) is 4.14. The second-order valence-electron chi connectivity index (χ2n) is 5.05. The average Bonchev–Trinajstić information content (AvgIpc) is 3.16. The number of hydrogen-bond donors (Lipinski definition) is 2. The molecule has 2 heterocycles. The highest BCUT2D eigenvalue weighted by Gasteiger charge is 2.33. The van der Waals surface area contributed by atoms with Crippen molar-refractivity contribution in [3.8, 4) is 0 Å². The summed E-state index contributed by atoms with van der Waals surface area (Å²) in [5, 5.41) is 20.6. The molecule has 3 rings (SSSR count). The largest absolute Gasteiger partial charge is 0.434 e. The Morgan fingerprint density at radius 3 is 2.50 bits per heavy atom. The molecule has 2 N–H and O–H groups in total. The highest BCUT2D eigenvalue weighted by Crippen LogP contribution is 2.33. The van der Waals surface area contributed by atoms with E-state index in [1.54, 1.807) is 24.3 Å². The van der Waals surface area contributed by atoms with E-state index in [0.717, 1.165) is 22.3 Å². The number of anilines is 2. The first-order valence-electron chi connectivity index (χ1n) is 6.84. The Labute approximate surface area is 138 Å². The van der Waals surface area contributed by atoms with Gasteiger partial charge < -0.3 is 10.5 Å². The summed E-state index contributed by atoms with van der Waals surface area (Å²) in [6.45, 7) is 1.88. The molecule has 0 aliphatic carbocycles. The van der Waals surface area contributed by atoms with Gasteiger partial charge in [-0.25, -0.2) is 4.98 Å². The zero-order valence-corrected chi connectivity index (χ0v) is 13.1. The molecule has 0 amide bonds. The number of alkyl halides is 3. The van der Waals surface area contributed by atoms with Crippen molar-refractivity contribution < 1.29 is 18.4 Å². The van der Waals surface area contributed by atoms with Crippen LogP contribution in [0, 0.1) is 0 Å². The molecule has 6 nitrogen and oxygen atoms in total. The predicted octanol–water partition coefficient (Wildman–Crippen LogP) is 3.89. The standard InChI is InChI=1S/C14H12F3N5OS/c1-8(11-6-18-21-22(11)23)9-2-4-10(5-3-9)19-13-20-12(7-24-13)14(15,16)17/h2-8,23H,1H3,(H,19,20)/t8-/m1/s1. The van der Waals surface area contributed by atoms with Gasteiger partial charge in [0.25, 0.3) is 0 Å². The van der Waals surface area contributed by atoms with Crippen molar-refractivity contribution in [1.29, 1.82) is 0 Å². The second-order valence-corrected chi connectivity index (χ2v) is 5.91. The first-order chi connectivity index (χ1) is 11.3. The van der Waals surface area contributed by atoms with E-state index in [2.05, 4.69) is 20.6 Å². The number of nitrogens with one attached hydrogen (secondary N) is 1. The van der Waals surface area contributed by atoms with Crippen LogP contribution in [0.4, 0.5) is 24.0 Å². The Hall–Kier alpha value is -2.62. The fraction of sp³-hybridized carbons (Fsp3) is 0.214. The van der Waals surface area contributed by atoms with Gasteiger partial charge in [-0.1, -0.05) is 23.9 Å². The van der Waals surface area contributed by atoms with Crippen LogP contribution in [0.3, 0.4) is 0 Å². The summed E-state index contributed by atoms with van der Waals surface area (Å²) in [5.74, 6) is -0.143. The molecule has 0 saturated heterocycles. The lowest BCUT2D eigenvalue weighted by molar-refractivity contribution is -0.140. The van der Waals surface area contributed by atoms with Gasteiger partial charge in [0.05, 0.1) is 6.20 Å². The van der Waals surface area contributed by atoms with Crippen molar-refractivity contribution in [2.45, 2.75) is 19.0 Å². The predicted molar refractivity (Wildman–Crippen MR) is 81.6 cm³/mol. The molecule has 3 aromatic rings. The molecule has 0 saturated carbocycles.